The van der Waals surface area contributed by atoms with E-state index in [1.165, 1.54) is 44.3 Å². The molecule has 0 fully saturated rings. The molecular weight excluding hydrogens is 385 g/mol. The summed E-state index contributed by atoms with van der Waals surface area (Å²) in [4.78, 5) is 43.5. The number of carbonyl (C=O) groups excluding carboxylic acids is 3. The van der Waals surface area contributed by atoms with E-state index in [9.17, 15) is 18.8 Å². The molecule has 0 unspecified atom stereocenters. The number of aromatic amines is 1. The van der Waals surface area contributed by atoms with Crippen LogP contribution in [0.3, 0.4) is 0 Å². The molecule has 28 heavy (non-hydrogen) atoms. The molecule has 1 amide bonds. The summed E-state index contributed by atoms with van der Waals surface area (Å²) in [5, 5.41) is 1.89. The number of halogens is 1. The van der Waals surface area contributed by atoms with Gasteiger partial charge < -0.3 is 9.72 Å². The normalized spacial score (nSPS) is 10.5. The van der Waals surface area contributed by atoms with E-state index in [-0.39, 0.29) is 28.9 Å². The quantitative estimate of drug-likeness (QED) is 0.500. The first kappa shape index (κ1) is 19.4. The van der Waals surface area contributed by atoms with Gasteiger partial charge in [-0.15, -0.1) is 11.3 Å². The van der Waals surface area contributed by atoms with E-state index in [4.69, 9.17) is 4.74 Å². The van der Waals surface area contributed by atoms with Crippen LogP contribution in [0.4, 0.5) is 15.2 Å². The van der Waals surface area contributed by atoms with Gasteiger partial charge in [-0.1, -0.05) is 12.1 Å². The lowest BCUT2D eigenvalue weighted by atomic mass is 10.2. The average molecular weight is 401 g/mol. The molecule has 0 aliphatic carbocycles. The molecule has 0 aliphatic rings. The van der Waals surface area contributed by atoms with Crippen LogP contribution in [0.15, 0.2) is 41.9 Å². The summed E-state index contributed by atoms with van der Waals surface area (Å²) in [6.45, 7) is 2.57. The third-order valence-corrected chi connectivity index (χ3v) is 4.67. The molecule has 1 N–H and O–H groups in total. The number of hydrogen-bond donors (Lipinski definition) is 1. The molecular formula is C19H16FN3O4S. The summed E-state index contributed by atoms with van der Waals surface area (Å²) in [6, 6.07) is 7.30. The number of carbonyl (C=O) groups is 3. The van der Waals surface area contributed by atoms with Crippen molar-refractivity contribution in [3.63, 3.8) is 0 Å². The summed E-state index contributed by atoms with van der Waals surface area (Å²) >= 11 is 1.13. The lowest BCUT2D eigenvalue weighted by molar-refractivity contribution is -0.115. The first-order valence-corrected chi connectivity index (χ1v) is 9.11. The molecule has 0 aliphatic heterocycles. The molecule has 2 heterocycles. The maximum atomic E-state index is 14.1. The van der Waals surface area contributed by atoms with Crippen molar-refractivity contribution in [3.8, 4) is 0 Å². The van der Waals surface area contributed by atoms with E-state index < -0.39 is 17.7 Å². The topological polar surface area (TPSA) is 92.4 Å². The number of esters is 1. The Morgan fingerprint density at radius 2 is 2.00 bits per heavy atom. The first-order chi connectivity index (χ1) is 13.4. The largest absolute Gasteiger partial charge is 0.454 e. The second-order valence-electron chi connectivity index (χ2n) is 5.86. The predicted molar refractivity (Wildman–Crippen MR) is 101 cm³/mol. The van der Waals surface area contributed by atoms with Crippen LogP contribution in [0.1, 0.15) is 40.4 Å². The number of thiazole rings is 1. The van der Waals surface area contributed by atoms with Gasteiger partial charge in [0.2, 0.25) is 5.91 Å². The highest BCUT2D eigenvalue weighted by molar-refractivity contribution is 7.14. The molecule has 0 atom stereocenters. The predicted octanol–water partition coefficient (Wildman–Crippen LogP) is 3.85. The number of benzene rings is 1. The molecule has 0 bridgehead atoms. The molecule has 0 spiro atoms. The number of amides is 1. The lowest BCUT2D eigenvalue weighted by Gasteiger charge is -2.18. The van der Waals surface area contributed by atoms with Gasteiger partial charge in [0.25, 0.3) is 0 Å². The Hall–Kier alpha value is -3.33. The molecule has 3 aromatic rings. The number of ether oxygens (including phenoxy) is 1. The van der Waals surface area contributed by atoms with Gasteiger partial charge in [-0.2, -0.15) is 0 Å². The van der Waals surface area contributed by atoms with Crippen LogP contribution in [-0.4, -0.2) is 27.6 Å². The Labute approximate surface area is 163 Å². The van der Waals surface area contributed by atoms with Crippen LogP contribution in [0.2, 0.25) is 0 Å². The summed E-state index contributed by atoms with van der Waals surface area (Å²) in [7, 11) is 0. The van der Waals surface area contributed by atoms with Crippen molar-refractivity contribution in [1.29, 1.82) is 0 Å². The summed E-state index contributed by atoms with van der Waals surface area (Å²) in [5.74, 6) is -1.75. The van der Waals surface area contributed by atoms with E-state index in [0.29, 0.717) is 11.3 Å². The molecule has 0 saturated carbocycles. The van der Waals surface area contributed by atoms with Crippen LogP contribution in [0.25, 0.3) is 0 Å². The van der Waals surface area contributed by atoms with Crippen molar-refractivity contribution in [3.05, 3.63) is 64.7 Å². The fourth-order valence-corrected chi connectivity index (χ4v) is 3.30. The van der Waals surface area contributed by atoms with E-state index in [1.54, 1.807) is 11.4 Å². The van der Waals surface area contributed by atoms with Gasteiger partial charge in [0.15, 0.2) is 10.9 Å². The highest BCUT2D eigenvalue weighted by Gasteiger charge is 2.21. The molecule has 9 heteroatoms. The number of aromatic nitrogens is 2. The first-order valence-electron chi connectivity index (χ1n) is 8.23. The number of ketones is 1. The summed E-state index contributed by atoms with van der Waals surface area (Å²) < 4.78 is 19.3. The van der Waals surface area contributed by atoms with Crippen LogP contribution in [0, 0.1) is 5.82 Å². The smallest absolute Gasteiger partial charge is 0.355 e. The standard InChI is InChI=1S/C19H16FN3O4S/c1-11(24)13-7-16(21-8-13)18(26)27-9-14-10-28-19(22-14)23(12(2)25)17-6-4-3-5-15(17)20/h3-8,10,21H,9H2,1-2H3. The van der Waals surface area contributed by atoms with E-state index in [1.807, 2.05) is 0 Å². The average Bonchev–Trinajstić information content (AvgIpc) is 3.31. The van der Waals surface area contributed by atoms with Gasteiger partial charge in [-0.05, 0) is 25.1 Å². The Morgan fingerprint density at radius 3 is 2.64 bits per heavy atom. The van der Waals surface area contributed by atoms with Gasteiger partial charge in [-0.3, -0.25) is 14.5 Å². The Morgan fingerprint density at radius 1 is 1.25 bits per heavy atom. The number of Topliss-reactive ketones (excluding diaryl/α,β-unsaturated/α-hetero) is 1. The van der Waals surface area contributed by atoms with Crippen molar-refractivity contribution in [2.24, 2.45) is 0 Å². The van der Waals surface area contributed by atoms with Crippen LogP contribution < -0.4 is 4.90 Å². The van der Waals surface area contributed by atoms with Gasteiger partial charge in [0, 0.05) is 24.1 Å². The number of anilines is 2. The number of H-pyrrole nitrogens is 1. The third kappa shape index (κ3) is 4.15. The van der Waals surface area contributed by atoms with Gasteiger partial charge in [0.05, 0.1) is 11.4 Å². The lowest BCUT2D eigenvalue weighted by Crippen LogP contribution is -2.23. The zero-order valence-electron chi connectivity index (χ0n) is 15.1. The number of para-hydroxylation sites is 1. The van der Waals surface area contributed by atoms with Crippen molar-refractivity contribution in [1.82, 2.24) is 9.97 Å². The third-order valence-electron chi connectivity index (χ3n) is 3.80. The fraction of sp³-hybridized carbons (Fsp3) is 0.158. The highest BCUT2D eigenvalue weighted by atomic mass is 32.1. The summed E-state index contributed by atoms with van der Waals surface area (Å²) in [5.41, 5.74) is 1.03. The number of nitrogens with one attached hydrogen (secondary N) is 1. The van der Waals surface area contributed by atoms with Gasteiger partial charge >= 0.3 is 5.97 Å². The second kappa shape index (κ2) is 8.13. The monoisotopic (exact) mass is 401 g/mol. The van der Waals surface area contributed by atoms with E-state index in [0.717, 1.165) is 16.2 Å². The zero-order chi connectivity index (χ0) is 20.3. The molecule has 2 aromatic heterocycles. The minimum atomic E-state index is -0.639. The minimum Gasteiger partial charge on any atom is -0.454 e. The van der Waals surface area contributed by atoms with E-state index in [2.05, 4.69) is 9.97 Å². The number of rotatable bonds is 6. The Kier molecular flexibility index (Phi) is 5.65. The van der Waals surface area contributed by atoms with Crippen molar-refractivity contribution < 1.29 is 23.5 Å². The molecule has 3 rings (SSSR count). The fourth-order valence-electron chi connectivity index (χ4n) is 2.44. The molecule has 0 radical (unpaired) electrons. The van der Waals surface area contributed by atoms with Crippen molar-refractivity contribution in [2.45, 2.75) is 20.5 Å². The molecule has 144 valence electrons. The zero-order valence-corrected chi connectivity index (χ0v) is 15.9. The van der Waals surface area contributed by atoms with Crippen LogP contribution in [0.5, 0.6) is 0 Å². The van der Waals surface area contributed by atoms with E-state index >= 15 is 0 Å². The van der Waals surface area contributed by atoms with Crippen LogP contribution >= 0.6 is 11.3 Å². The minimum absolute atomic E-state index is 0.0936. The second-order valence-corrected chi connectivity index (χ2v) is 6.70. The van der Waals surface area contributed by atoms with Crippen LogP contribution in [-0.2, 0) is 16.1 Å². The molecule has 0 saturated heterocycles. The van der Waals surface area contributed by atoms with Gasteiger partial charge in [-0.25, -0.2) is 14.2 Å². The number of hydrogen-bond acceptors (Lipinski definition) is 6. The maximum Gasteiger partial charge on any atom is 0.355 e. The molecule has 1 aromatic carbocycles. The van der Waals surface area contributed by atoms with Crippen molar-refractivity contribution in [2.75, 3.05) is 4.90 Å². The van der Waals surface area contributed by atoms with Crippen molar-refractivity contribution >= 4 is 39.8 Å². The highest BCUT2D eigenvalue weighted by Crippen LogP contribution is 2.30. The Balaban J connectivity index is 1.72. The molecule has 7 nitrogen and oxygen atoms in total. The SMILES string of the molecule is CC(=O)c1c[nH]c(C(=O)OCc2csc(N(C(C)=O)c3ccccc3F)n2)c1. The maximum absolute atomic E-state index is 14.1. The van der Waals surface area contributed by atoms with Gasteiger partial charge in [0.1, 0.15) is 18.1 Å². The summed E-state index contributed by atoms with van der Waals surface area (Å²) in [6.07, 6.45) is 1.43. The number of nitrogens with zero attached hydrogens (tertiary/aromatic N) is 2. The Bertz CT molecular complexity index is 1040.